The molecule has 1 saturated heterocycles. The number of benzene rings is 1. The van der Waals surface area contributed by atoms with Gasteiger partial charge in [0.05, 0.1) is 25.5 Å². The Bertz CT molecular complexity index is 937. The average molecular weight is 366 g/mol. The molecule has 2 aliphatic rings. The molecule has 4 rings (SSSR count). The standard InChI is InChI=1S/C16H18N2O4S2/c1-10-17-13-5-4-12(7-14(13)23-10)24(21,22)18-8-11-3-2-6-16(11,9-18)15(19)20/h4-5,7,11H,2-3,6,8-9H2,1H3,(H,19,20)/t11-,16+/m0/s1. The van der Waals surface area contributed by atoms with E-state index in [1.54, 1.807) is 18.2 Å². The highest BCUT2D eigenvalue weighted by atomic mass is 32.2. The Morgan fingerprint density at radius 2 is 2.25 bits per heavy atom. The first-order valence-corrected chi connectivity index (χ1v) is 10.2. The van der Waals surface area contributed by atoms with E-state index in [1.807, 2.05) is 6.92 Å². The zero-order valence-electron chi connectivity index (χ0n) is 13.2. The van der Waals surface area contributed by atoms with Crippen LogP contribution in [0.15, 0.2) is 23.1 Å². The molecule has 2 fully saturated rings. The van der Waals surface area contributed by atoms with Gasteiger partial charge in [0.25, 0.3) is 0 Å². The third-order valence-corrected chi connectivity index (χ3v) is 8.11. The van der Waals surface area contributed by atoms with Gasteiger partial charge >= 0.3 is 5.97 Å². The largest absolute Gasteiger partial charge is 0.481 e. The molecule has 0 spiro atoms. The lowest BCUT2D eigenvalue weighted by Crippen LogP contribution is -2.37. The number of rotatable bonds is 3. The molecule has 6 nitrogen and oxygen atoms in total. The molecule has 24 heavy (non-hydrogen) atoms. The van der Waals surface area contributed by atoms with E-state index >= 15 is 0 Å². The predicted octanol–water partition coefficient (Wildman–Crippen LogP) is 2.48. The summed E-state index contributed by atoms with van der Waals surface area (Å²) in [4.78, 5) is 16.3. The molecule has 1 aliphatic heterocycles. The van der Waals surface area contributed by atoms with E-state index < -0.39 is 21.4 Å². The second-order valence-electron chi connectivity index (χ2n) is 6.71. The second kappa shape index (κ2) is 5.24. The van der Waals surface area contributed by atoms with Crippen LogP contribution in [0.1, 0.15) is 24.3 Å². The van der Waals surface area contributed by atoms with E-state index in [2.05, 4.69) is 4.98 Å². The number of carboxylic acid groups (broad SMARTS) is 1. The van der Waals surface area contributed by atoms with Crippen molar-refractivity contribution in [3.63, 3.8) is 0 Å². The molecule has 1 N–H and O–H groups in total. The van der Waals surface area contributed by atoms with Crippen molar-refractivity contribution in [1.82, 2.24) is 9.29 Å². The predicted molar refractivity (Wildman–Crippen MR) is 90.5 cm³/mol. The molecular weight excluding hydrogens is 348 g/mol. The van der Waals surface area contributed by atoms with Gasteiger partial charge in [-0.1, -0.05) is 6.42 Å². The Morgan fingerprint density at radius 1 is 1.46 bits per heavy atom. The van der Waals surface area contributed by atoms with Crippen LogP contribution in [0.2, 0.25) is 0 Å². The highest BCUT2D eigenvalue weighted by molar-refractivity contribution is 7.89. The van der Waals surface area contributed by atoms with Crippen molar-refractivity contribution in [1.29, 1.82) is 0 Å². The van der Waals surface area contributed by atoms with E-state index in [0.29, 0.717) is 13.0 Å². The van der Waals surface area contributed by atoms with E-state index in [4.69, 9.17) is 0 Å². The van der Waals surface area contributed by atoms with Gasteiger partial charge in [-0.15, -0.1) is 11.3 Å². The number of hydrogen-bond donors (Lipinski definition) is 1. The first-order chi connectivity index (χ1) is 11.3. The van der Waals surface area contributed by atoms with Crippen molar-refractivity contribution in [3.8, 4) is 0 Å². The number of aliphatic carboxylic acids is 1. The lowest BCUT2D eigenvalue weighted by atomic mass is 9.81. The number of fused-ring (bicyclic) bond motifs is 2. The highest BCUT2D eigenvalue weighted by Gasteiger charge is 2.57. The number of aromatic nitrogens is 1. The summed E-state index contributed by atoms with van der Waals surface area (Å²) in [6, 6.07) is 4.94. The monoisotopic (exact) mass is 366 g/mol. The maximum absolute atomic E-state index is 13.0. The van der Waals surface area contributed by atoms with Crippen molar-refractivity contribution in [2.24, 2.45) is 11.3 Å². The molecule has 2 aromatic rings. The quantitative estimate of drug-likeness (QED) is 0.902. The maximum Gasteiger partial charge on any atom is 0.311 e. The van der Waals surface area contributed by atoms with Gasteiger partial charge in [-0.05, 0) is 43.9 Å². The minimum absolute atomic E-state index is 0.0785. The van der Waals surface area contributed by atoms with E-state index in [1.165, 1.54) is 15.6 Å². The fourth-order valence-corrected chi connectivity index (χ4v) is 6.63. The highest BCUT2D eigenvalue weighted by Crippen LogP contribution is 2.50. The summed E-state index contributed by atoms with van der Waals surface area (Å²) in [7, 11) is -3.69. The molecular formula is C16H18N2O4S2. The molecule has 1 aliphatic carbocycles. The van der Waals surface area contributed by atoms with E-state index in [9.17, 15) is 18.3 Å². The van der Waals surface area contributed by atoms with E-state index in [-0.39, 0.29) is 17.4 Å². The lowest BCUT2D eigenvalue weighted by Gasteiger charge is -2.23. The molecule has 0 bridgehead atoms. The normalized spacial score (nSPS) is 27.6. The first kappa shape index (κ1) is 16.0. The van der Waals surface area contributed by atoms with Crippen LogP contribution in [-0.4, -0.2) is 41.9 Å². The van der Waals surface area contributed by atoms with Gasteiger partial charge < -0.3 is 5.11 Å². The minimum atomic E-state index is -3.69. The third kappa shape index (κ3) is 2.20. The van der Waals surface area contributed by atoms with Crippen LogP contribution in [-0.2, 0) is 14.8 Å². The number of carboxylic acids is 1. The summed E-state index contributed by atoms with van der Waals surface area (Å²) in [6.07, 6.45) is 2.20. The smallest absolute Gasteiger partial charge is 0.311 e. The Kier molecular flexibility index (Phi) is 3.49. The molecule has 1 aromatic heterocycles. The second-order valence-corrected chi connectivity index (χ2v) is 9.88. The molecule has 0 radical (unpaired) electrons. The van der Waals surface area contributed by atoms with Gasteiger partial charge in [0.2, 0.25) is 10.0 Å². The fourth-order valence-electron chi connectivity index (χ4n) is 4.11. The van der Waals surface area contributed by atoms with Crippen molar-refractivity contribution >= 4 is 37.5 Å². The number of sulfonamides is 1. The number of hydrogen-bond acceptors (Lipinski definition) is 5. The molecule has 8 heteroatoms. The van der Waals surface area contributed by atoms with E-state index in [0.717, 1.165) is 28.1 Å². The molecule has 1 saturated carbocycles. The number of aryl methyl sites for hydroxylation is 1. The summed E-state index contributed by atoms with van der Waals surface area (Å²) in [6.45, 7) is 2.26. The molecule has 1 aromatic carbocycles. The summed E-state index contributed by atoms with van der Waals surface area (Å²) in [5, 5.41) is 10.5. The van der Waals surface area contributed by atoms with Crippen molar-refractivity contribution in [3.05, 3.63) is 23.2 Å². The molecule has 0 unspecified atom stereocenters. The molecule has 2 atom stereocenters. The van der Waals surface area contributed by atoms with Crippen molar-refractivity contribution in [2.45, 2.75) is 31.1 Å². The summed E-state index contributed by atoms with van der Waals surface area (Å²) in [5.41, 5.74) is -0.116. The Morgan fingerprint density at radius 3 is 2.96 bits per heavy atom. The van der Waals surface area contributed by atoms with Crippen LogP contribution in [0, 0.1) is 18.3 Å². The summed E-state index contributed by atoms with van der Waals surface area (Å²) in [5.74, 6) is -0.949. The van der Waals surface area contributed by atoms with Gasteiger partial charge in [0, 0.05) is 13.1 Å². The Hall–Kier alpha value is -1.51. The molecule has 0 amide bonds. The van der Waals surface area contributed by atoms with Crippen LogP contribution in [0.25, 0.3) is 10.2 Å². The van der Waals surface area contributed by atoms with Gasteiger partial charge in [-0.2, -0.15) is 4.31 Å². The third-order valence-electron chi connectivity index (χ3n) is 5.37. The van der Waals surface area contributed by atoms with Gasteiger partial charge in [0.1, 0.15) is 0 Å². The van der Waals surface area contributed by atoms with Crippen LogP contribution in [0.3, 0.4) is 0 Å². The Labute approximate surface area is 144 Å². The SMILES string of the molecule is Cc1nc2ccc(S(=O)(=O)N3C[C@@H]4CCC[C@@]4(C(=O)O)C3)cc2s1. The van der Waals surface area contributed by atoms with Crippen LogP contribution in [0.4, 0.5) is 0 Å². The molecule has 128 valence electrons. The first-order valence-electron chi connectivity index (χ1n) is 7.94. The topological polar surface area (TPSA) is 87.6 Å². The number of thiazole rings is 1. The minimum Gasteiger partial charge on any atom is -0.481 e. The summed E-state index contributed by atoms with van der Waals surface area (Å²) >= 11 is 1.46. The Balaban J connectivity index is 1.71. The van der Waals surface area contributed by atoms with Crippen molar-refractivity contribution in [2.75, 3.05) is 13.1 Å². The van der Waals surface area contributed by atoms with Gasteiger partial charge in [-0.25, -0.2) is 13.4 Å². The molecule has 2 heterocycles. The van der Waals surface area contributed by atoms with Crippen LogP contribution >= 0.6 is 11.3 Å². The maximum atomic E-state index is 13.0. The summed E-state index contributed by atoms with van der Waals surface area (Å²) < 4.78 is 28.2. The zero-order chi connectivity index (χ0) is 17.1. The number of nitrogens with zero attached hydrogens (tertiary/aromatic N) is 2. The van der Waals surface area contributed by atoms with Gasteiger partial charge in [0.15, 0.2) is 0 Å². The lowest BCUT2D eigenvalue weighted by molar-refractivity contribution is -0.149. The average Bonchev–Trinajstić information content (AvgIpc) is 3.16. The fraction of sp³-hybridized carbons (Fsp3) is 0.500. The number of carbonyl (C=O) groups is 1. The van der Waals surface area contributed by atoms with Crippen LogP contribution in [0.5, 0.6) is 0 Å². The van der Waals surface area contributed by atoms with Gasteiger partial charge in [-0.3, -0.25) is 4.79 Å². The zero-order valence-corrected chi connectivity index (χ0v) is 14.9. The van der Waals surface area contributed by atoms with Crippen LogP contribution < -0.4 is 0 Å². The van der Waals surface area contributed by atoms with Crippen molar-refractivity contribution < 1.29 is 18.3 Å².